The van der Waals surface area contributed by atoms with E-state index in [0.29, 0.717) is 6.54 Å². The molecule has 1 N–H and O–H groups in total. The first-order chi connectivity index (χ1) is 11.3. The number of aromatic nitrogens is 3. The fraction of sp³-hybridized carbons (Fsp3) is 0.400. The van der Waals surface area contributed by atoms with Crippen LogP contribution >= 0.6 is 23.6 Å². The fourth-order valence-electron chi connectivity index (χ4n) is 2.52. The molecule has 0 aliphatic carbocycles. The van der Waals surface area contributed by atoms with E-state index in [1.165, 1.54) is 17.0 Å². The standard InChI is InChI=1S/C15H20N6S2/c1-2-5-17-14-18-21(15(22)23-14)12-19-8-10-20(11-9-19)13-3-6-16-7-4-13/h2-4,6-7H,1,5,8-12H2,(H,17,18). The van der Waals surface area contributed by atoms with Gasteiger partial charge in [0.25, 0.3) is 0 Å². The van der Waals surface area contributed by atoms with Crippen molar-refractivity contribution < 1.29 is 0 Å². The molecule has 0 aromatic carbocycles. The van der Waals surface area contributed by atoms with E-state index in [9.17, 15) is 0 Å². The maximum atomic E-state index is 5.40. The predicted octanol–water partition coefficient (Wildman–Crippen LogP) is 2.45. The third-order valence-electron chi connectivity index (χ3n) is 3.74. The van der Waals surface area contributed by atoms with Gasteiger partial charge in [-0.3, -0.25) is 9.88 Å². The molecule has 0 bridgehead atoms. The summed E-state index contributed by atoms with van der Waals surface area (Å²) in [5, 5.41) is 8.57. The number of anilines is 2. The molecule has 8 heteroatoms. The summed E-state index contributed by atoms with van der Waals surface area (Å²) in [5.74, 6) is 0. The maximum Gasteiger partial charge on any atom is 0.204 e. The molecule has 0 radical (unpaired) electrons. The van der Waals surface area contributed by atoms with Gasteiger partial charge in [-0.05, 0) is 24.4 Å². The van der Waals surface area contributed by atoms with Crippen LogP contribution in [0.2, 0.25) is 0 Å². The molecule has 122 valence electrons. The third kappa shape index (κ3) is 4.15. The highest BCUT2D eigenvalue weighted by Gasteiger charge is 2.18. The van der Waals surface area contributed by atoms with Crippen LogP contribution in [0, 0.1) is 3.95 Å². The number of hydrogen-bond acceptors (Lipinski definition) is 7. The molecule has 23 heavy (non-hydrogen) atoms. The van der Waals surface area contributed by atoms with Crippen molar-refractivity contribution in [2.45, 2.75) is 6.67 Å². The number of pyridine rings is 1. The molecule has 0 amide bonds. The van der Waals surface area contributed by atoms with Crippen molar-refractivity contribution in [2.75, 3.05) is 42.9 Å². The zero-order valence-corrected chi connectivity index (χ0v) is 14.5. The van der Waals surface area contributed by atoms with Gasteiger partial charge >= 0.3 is 0 Å². The molecule has 1 aliphatic rings. The summed E-state index contributed by atoms with van der Waals surface area (Å²) in [7, 11) is 0. The van der Waals surface area contributed by atoms with E-state index in [1.807, 2.05) is 23.2 Å². The first-order valence-electron chi connectivity index (χ1n) is 7.56. The molecule has 1 fully saturated rings. The first-order valence-corrected chi connectivity index (χ1v) is 8.79. The number of hydrogen-bond donors (Lipinski definition) is 1. The highest BCUT2D eigenvalue weighted by molar-refractivity contribution is 7.73. The Morgan fingerprint density at radius 3 is 2.70 bits per heavy atom. The number of nitrogens with one attached hydrogen (secondary N) is 1. The van der Waals surface area contributed by atoms with Crippen LogP contribution in [0.25, 0.3) is 0 Å². The lowest BCUT2D eigenvalue weighted by molar-refractivity contribution is 0.195. The van der Waals surface area contributed by atoms with Crippen LogP contribution in [-0.2, 0) is 6.67 Å². The van der Waals surface area contributed by atoms with Crippen molar-refractivity contribution in [1.29, 1.82) is 0 Å². The average molecular weight is 349 g/mol. The Kier molecular flexibility index (Phi) is 5.37. The van der Waals surface area contributed by atoms with Crippen LogP contribution in [0.5, 0.6) is 0 Å². The van der Waals surface area contributed by atoms with Gasteiger partial charge in [-0.1, -0.05) is 17.4 Å². The van der Waals surface area contributed by atoms with E-state index in [2.05, 4.69) is 43.9 Å². The van der Waals surface area contributed by atoms with E-state index in [0.717, 1.165) is 41.9 Å². The number of rotatable bonds is 6. The van der Waals surface area contributed by atoms with Crippen molar-refractivity contribution in [2.24, 2.45) is 0 Å². The minimum absolute atomic E-state index is 0.701. The molecule has 1 saturated heterocycles. The van der Waals surface area contributed by atoms with E-state index in [1.54, 1.807) is 0 Å². The highest BCUT2D eigenvalue weighted by Crippen LogP contribution is 2.17. The van der Waals surface area contributed by atoms with Gasteiger partial charge < -0.3 is 10.2 Å². The zero-order valence-electron chi connectivity index (χ0n) is 12.9. The van der Waals surface area contributed by atoms with E-state index >= 15 is 0 Å². The van der Waals surface area contributed by atoms with Gasteiger partial charge in [0.2, 0.25) is 5.13 Å². The van der Waals surface area contributed by atoms with Crippen molar-refractivity contribution in [1.82, 2.24) is 19.7 Å². The molecule has 2 aromatic rings. The van der Waals surface area contributed by atoms with Crippen LogP contribution in [0.4, 0.5) is 10.8 Å². The first kappa shape index (κ1) is 16.1. The summed E-state index contributed by atoms with van der Waals surface area (Å²) in [6.45, 7) is 9.14. The minimum Gasteiger partial charge on any atom is -0.369 e. The minimum atomic E-state index is 0.701. The zero-order chi connectivity index (χ0) is 16.1. The third-order valence-corrected chi connectivity index (χ3v) is 5.00. The van der Waals surface area contributed by atoms with Crippen LogP contribution in [0.1, 0.15) is 0 Å². The smallest absolute Gasteiger partial charge is 0.204 e. The summed E-state index contributed by atoms with van der Waals surface area (Å²) in [4.78, 5) is 8.84. The van der Waals surface area contributed by atoms with Gasteiger partial charge in [-0.15, -0.1) is 11.7 Å². The van der Waals surface area contributed by atoms with Gasteiger partial charge in [0.15, 0.2) is 3.95 Å². The molecule has 3 rings (SSSR count). The summed E-state index contributed by atoms with van der Waals surface area (Å²) >= 11 is 6.90. The monoisotopic (exact) mass is 348 g/mol. The lowest BCUT2D eigenvalue weighted by Gasteiger charge is -2.35. The maximum absolute atomic E-state index is 5.40. The van der Waals surface area contributed by atoms with E-state index in [-0.39, 0.29) is 0 Å². The molecular weight excluding hydrogens is 328 g/mol. The van der Waals surface area contributed by atoms with E-state index in [4.69, 9.17) is 12.2 Å². The van der Waals surface area contributed by atoms with Gasteiger partial charge in [-0.25, -0.2) is 4.68 Å². The van der Waals surface area contributed by atoms with Crippen LogP contribution in [-0.4, -0.2) is 52.4 Å². The van der Waals surface area contributed by atoms with Gasteiger partial charge in [0.1, 0.15) is 0 Å². The molecule has 1 aliphatic heterocycles. The summed E-state index contributed by atoms with van der Waals surface area (Å²) in [5.41, 5.74) is 1.24. The van der Waals surface area contributed by atoms with Crippen LogP contribution in [0.15, 0.2) is 37.2 Å². The molecule has 0 atom stereocenters. The second kappa shape index (κ2) is 7.67. The van der Waals surface area contributed by atoms with Crippen LogP contribution < -0.4 is 10.2 Å². The molecule has 6 nitrogen and oxygen atoms in total. The van der Waals surface area contributed by atoms with Gasteiger partial charge in [0, 0.05) is 50.8 Å². The van der Waals surface area contributed by atoms with Crippen molar-refractivity contribution >= 4 is 34.4 Å². The van der Waals surface area contributed by atoms with Crippen molar-refractivity contribution in [3.8, 4) is 0 Å². The fourth-order valence-corrected chi connectivity index (χ4v) is 3.52. The Balaban J connectivity index is 1.55. The van der Waals surface area contributed by atoms with Crippen molar-refractivity contribution in [3.05, 3.63) is 41.1 Å². The quantitative estimate of drug-likeness (QED) is 0.639. The summed E-state index contributed by atoms with van der Waals surface area (Å²) in [6, 6.07) is 4.12. The molecule has 3 heterocycles. The molecule has 2 aromatic heterocycles. The van der Waals surface area contributed by atoms with E-state index < -0.39 is 0 Å². The number of nitrogens with zero attached hydrogens (tertiary/aromatic N) is 5. The Labute approximate surface area is 145 Å². The molecule has 0 unspecified atom stereocenters. The lowest BCUT2D eigenvalue weighted by Crippen LogP contribution is -2.46. The second-order valence-corrected chi connectivity index (χ2v) is 6.92. The number of piperazine rings is 1. The molecular formula is C15H20N6S2. The topological polar surface area (TPSA) is 49.2 Å². The Hall–Kier alpha value is -1.77. The lowest BCUT2D eigenvalue weighted by atomic mass is 10.3. The van der Waals surface area contributed by atoms with Crippen molar-refractivity contribution in [3.63, 3.8) is 0 Å². The second-order valence-electron chi connectivity index (χ2n) is 5.29. The van der Waals surface area contributed by atoms with Crippen LogP contribution in [0.3, 0.4) is 0 Å². The Bertz CT molecular complexity index is 687. The Morgan fingerprint density at radius 2 is 2.00 bits per heavy atom. The molecule has 0 spiro atoms. The largest absolute Gasteiger partial charge is 0.369 e. The predicted molar refractivity (Wildman–Crippen MR) is 97.6 cm³/mol. The molecule has 0 saturated carbocycles. The van der Waals surface area contributed by atoms with Gasteiger partial charge in [0.05, 0.1) is 6.67 Å². The SMILES string of the molecule is C=CCNc1nn(CN2CCN(c3ccncc3)CC2)c(=S)s1. The summed E-state index contributed by atoms with van der Waals surface area (Å²) < 4.78 is 2.70. The summed E-state index contributed by atoms with van der Waals surface area (Å²) in [6.07, 6.45) is 5.50. The average Bonchev–Trinajstić information content (AvgIpc) is 2.94. The normalized spacial score (nSPS) is 15.6. The Morgan fingerprint density at radius 1 is 1.26 bits per heavy atom. The van der Waals surface area contributed by atoms with Gasteiger partial charge in [-0.2, -0.15) is 0 Å². The highest BCUT2D eigenvalue weighted by atomic mass is 32.1.